The van der Waals surface area contributed by atoms with Crippen molar-refractivity contribution in [1.82, 2.24) is 10.3 Å². The van der Waals surface area contributed by atoms with Gasteiger partial charge in [-0.15, -0.1) is 11.3 Å². The van der Waals surface area contributed by atoms with E-state index in [1.165, 1.54) is 5.56 Å². The zero-order valence-electron chi connectivity index (χ0n) is 12.6. The van der Waals surface area contributed by atoms with Crippen LogP contribution in [0.3, 0.4) is 0 Å². The standard InChI is InChI=1S/C16H19ClN2O2S/c1-3-14(21-2)16(20)18-9-13-10-22-15(19-13)8-11-4-6-12(17)7-5-11/h4-7,10,14H,3,8-9H2,1-2H3,(H,18,20). The molecule has 1 aromatic carbocycles. The first-order chi connectivity index (χ1) is 10.6. The Labute approximate surface area is 139 Å². The van der Waals surface area contributed by atoms with Crippen LogP contribution in [0.25, 0.3) is 0 Å². The lowest BCUT2D eigenvalue weighted by molar-refractivity contribution is -0.131. The quantitative estimate of drug-likeness (QED) is 0.841. The molecule has 0 fully saturated rings. The molecule has 0 aliphatic carbocycles. The van der Waals surface area contributed by atoms with Crippen molar-refractivity contribution in [2.75, 3.05) is 7.11 Å². The van der Waals surface area contributed by atoms with Crippen LogP contribution in [0.15, 0.2) is 29.6 Å². The van der Waals surface area contributed by atoms with Gasteiger partial charge in [0.1, 0.15) is 6.10 Å². The summed E-state index contributed by atoms with van der Waals surface area (Å²) in [5.41, 5.74) is 2.04. The van der Waals surface area contributed by atoms with Gasteiger partial charge in [0.25, 0.3) is 0 Å². The highest BCUT2D eigenvalue weighted by Crippen LogP contribution is 2.17. The van der Waals surface area contributed by atoms with Crippen LogP contribution < -0.4 is 5.32 Å². The number of carbonyl (C=O) groups excluding carboxylic acids is 1. The highest BCUT2D eigenvalue weighted by molar-refractivity contribution is 7.09. The topological polar surface area (TPSA) is 51.2 Å². The molecule has 2 rings (SSSR count). The van der Waals surface area contributed by atoms with Gasteiger partial charge >= 0.3 is 0 Å². The molecule has 0 saturated heterocycles. The lowest BCUT2D eigenvalue weighted by Gasteiger charge is -2.12. The Morgan fingerprint density at radius 3 is 2.77 bits per heavy atom. The second kappa shape index (κ2) is 8.27. The number of carbonyl (C=O) groups is 1. The van der Waals surface area contributed by atoms with Crippen LogP contribution >= 0.6 is 22.9 Å². The lowest BCUT2D eigenvalue weighted by Crippen LogP contribution is -2.35. The Morgan fingerprint density at radius 2 is 2.14 bits per heavy atom. The van der Waals surface area contributed by atoms with E-state index in [0.717, 1.165) is 22.1 Å². The number of thiazole rings is 1. The summed E-state index contributed by atoms with van der Waals surface area (Å²) in [6.45, 7) is 2.34. The summed E-state index contributed by atoms with van der Waals surface area (Å²) in [7, 11) is 1.54. The zero-order chi connectivity index (χ0) is 15.9. The number of benzene rings is 1. The van der Waals surface area contributed by atoms with Crippen molar-refractivity contribution in [1.29, 1.82) is 0 Å². The molecule has 2 aromatic rings. The SMILES string of the molecule is CCC(OC)C(=O)NCc1csc(Cc2ccc(Cl)cc2)n1. The molecule has 0 spiro atoms. The lowest BCUT2D eigenvalue weighted by atomic mass is 10.2. The van der Waals surface area contributed by atoms with Crippen molar-refractivity contribution in [2.24, 2.45) is 0 Å². The molecule has 0 aliphatic heterocycles. The molecule has 118 valence electrons. The predicted octanol–water partition coefficient (Wildman–Crippen LogP) is 3.43. The van der Waals surface area contributed by atoms with Crippen LogP contribution in [0, 0.1) is 0 Å². The van der Waals surface area contributed by atoms with E-state index in [9.17, 15) is 4.79 Å². The smallest absolute Gasteiger partial charge is 0.249 e. The number of halogens is 1. The summed E-state index contributed by atoms with van der Waals surface area (Å²) < 4.78 is 5.10. The van der Waals surface area contributed by atoms with Gasteiger partial charge in [-0.05, 0) is 24.1 Å². The van der Waals surface area contributed by atoms with E-state index >= 15 is 0 Å². The summed E-state index contributed by atoms with van der Waals surface area (Å²) in [6.07, 6.45) is 1.03. The number of ether oxygens (including phenoxy) is 1. The van der Waals surface area contributed by atoms with Gasteiger partial charge in [-0.3, -0.25) is 4.79 Å². The Hall–Kier alpha value is -1.43. The van der Waals surface area contributed by atoms with E-state index in [1.807, 2.05) is 36.6 Å². The van der Waals surface area contributed by atoms with Crippen molar-refractivity contribution in [3.05, 3.63) is 50.9 Å². The number of methoxy groups -OCH3 is 1. The monoisotopic (exact) mass is 338 g/mol. The van der Waals surface area contributed by atoms with E-state index in [1.54, 1.807) is 18.4 Å². The second-order valence-corrected chi connectivity index (χ2v) is 6.27. The summed E-state index contributed by atoms with van der Waals surface area (Å²) in [4.78, 5) is 16.4. The number of hydrogen-bond acceptors (Lipinski definition) is 4. The molecule has 22 heavy (non-hydrogen) atoms. The fourth-order valence-corrected chi connectivity index (χ4v) is 2.99. The average molecular weight is 339 g/mol. The summed E-state index contributed by atoms with van der Waals surface area (Å²) >= 11 is 7.47. The van der Waals surface area contributed by atoms with Crippen LogP contribution in [0.2, 0.25) is 5.02 Å². The fraction of sp³-hybridized carbons (Fsp3) is 0.375. The van der Waals surface area contributed by atoms with E-state index in [4.69, 9.17) is 16.3 Å². The molecule has 1 N–H and O–H groups in total. The largest absolute Gasteiger partial charge is 0.372 e. The van der Waals surface area contributed by atoms with Crippen LogP contribution in [-0.2, 0) is 22.5 Å². The minimum absolute atomic E-state index is 0.0998. The van der Waals surface area contributed by atoms with Crippen molar-refractivity contribution in [3.8, 4) is 0 Å². The molecule has 1 atom stereocenters. The van der Waals surface area contributed by atoms with Crippen molar-refractivity contribution >= 4 is 28.8 Å². The molecule has 1 unspecified atom stereocenters. The highest BCUT2D eigenvalue weighted by atomic mass is 35.5. The number of aromatic nitrogens is 1. The highest BCUT2D eigenvalue weighted by Gasteiger charge is 2.15. The molecule has 1 amide bonds. The first-order valence-corrected chi connectivity index (χ1v) is 8.36. The molecule has 0 saturated carbocycles. The molecule has 1 aromatic heterocycles. The van der Waals surface area contributed by atoms with Crippen molar-refractivity contribution < 1.29 is 9.53 Å². The molecule has 0 radical (unpaired) electrons. The maximum absolute atomic E-state index is 11.8. The molecular weight excluding hydrogens is 320 g/mol. The van der Waals surface area contributed by atoms with Gasteiger partial charge in [-0.25, -0.2) is 4.98 Å². The molecule has 6 heteroatoms. The number of amides is 1. The molecular formula is C16H19ClN2O2S. The Morgan fingerprint density at radius 1 is 1.41 bits per heavy atom. The van der Waals surface area contributed by atoms with Crippen molar-refractivity contribution in [2.45, 2.75) is 32.4 Å². The van der Waals surface area contributed by atoms with Crippen molar-refractivity contribution in [3.63, 3.8) is 0 Å². The van der Waals surface area contributed by atoms with Crippen LogP contribution in [-0.4, -0.2) is 24.1 Å². The summed E-state index contributed by atoms with van der Waals surface area (Å²) in [6, 6.07) is 7.74. The fourth-order valence-electron chi connectivity index (χ4n) is 2.04. The zero-order valence-corrected chi connectivity index (χ0v) is 14.2. The van der Waals surface area contributed by atoms with Crippen LogP contribution in [0.5, 0.6) is 0 Å². The van der Waals surface area contributed by atoms with E-state index in [2.05, 4.69) is 10.3 Å². The van der Waals surface area contributed by atoms with Crippen LogP contribution in [0.1, 0.15) is 29.6 Å². The third-order valence-corrected chi connectivity index (χ3v) is 4.41. The minimum Gasteiger partial charge on any atom is -0.372 e. The molecule has 0 bridgehead atoms. The third kappa shape index (κ3) is 4.80. The first kappa shape index (κ1) is 16.9. The number of nitrogens with one attached hydrogen (secondary N) is 1. The summed E-state index contributed by atoms with van der Waals surface area (Å²) in [5.74, 6) is -0.0998. The number of rotatable bonds is 7. The third-order valence-electron chi connectivity index (χ3n) is 3.26. The average Bonchev–Trinajstić information content (AvgIpc) is 2.96. The number of hydrogen-bond donors (Lipinski definition) is 1. The number of nitrogens with zero attached hydrogens (tertiary/aromatic N) is 1. The normalized spacial score (nSPS) is 12.1. The maximum atomic E-state index is 11.8. The Bertz CT molecular complexity index is 609. The first-order valence-electron chi connectivity index (χ1n) is 7.10. The van der Waals surface area contributed by atoms with Gasteiger partial charge in [-0.2, -0.15) is 0 Å². The summed E-state index contributed by atoms with van der Waals surface area (Å²) in [5, 5.41) is 6.57. The second-order valence-electron chi connectivity index (χ2n) is 4.89. The van der Waals surface area contributed by atoms with Gasteiger partial charge in [0.05, 0.1) is 17.2 Å². The van der Waals surface area contributed by atoms with Crippen LogP contribution in [0.4, 0.5) is 0 Å². The van der Waals surface area contributed by atoms with Gasteiger partial charge in [0.15, 0.2) is 0 Å². The van der Waals surface area contributed by atoms with E-state index < -0.39 is 6.10 Å². The Kier molecular flexibility index (Phi) is 6.36. The molecule has 1 heterocycles. The van der Waals surface area contributed by atoms with Gasteiger partial charge < -0.3 is 10.1 Å². The minimum atomic E-state index is -0.396. The van der Waals surface area contributed by atoms with Gasteiger partial charge in [0, 0.05) is 23.9 Å². The van der Waals surface area contributed by atoms with Gasteiger partial charge in [0.2, 0.25) is 5.91 Å². The van der Waals surface area contributed by atoms with E-state index in [0.29, 0.717) is 13.0 Å². The van der Waals surface area contributed by atoms with E-state index in [-0.39, 0.29) is 5.91 Å². The van der Waals surface area contributed by atoms with Gasteiger partial charge in [-0.1, -0.05) is 30.7 Å². The molecule has 0 aliphatic rings. The maximum Gasteiger partial charge on any atom is 0.249 e. The Balaban J connectivity index is 1.88. The predicted molar refractivity (Wildman–Crippen MR) is 89.3 cm³/mol. The molecule has 4 nitrogen and oxygen atoms in total.